The average molecular weight is 374 g/mol. The number of hydrogen-bond acceptors (Lipinski definition) is 3. The first-order valence-corrected chi connectivity index (χ1v) is 8.97. The van der Waals surface area contributed by atoms with Gasteiger partial charge in [-0.15, -0.1) is 0 Å². The number of fused-ring (bicyclic) bond motifs is 1. The highest BCUT2D eigenvalue weighted by Gasteiger charge is 2.30. The van der Waals surface area contributed by atoms with Crippen LogP contribution < -0.4 is 5.32 Å². The number of carbonyl (C=O) groups is 1. The number of nitrogens with zero attached hydrogens (tertiary/aromatic N) is 1. The van der Waals surface area contributed by atoms with Crippen LogP contribution in [-0.4, -0.2) is 10.9 Å². The van der Waals surface area contributed by atoms with Crippen molar-refractivity contribution in [1.29, 1.82) is 0 Å². The molecule has 5 heteroatoms. The molecule has 0 bridgehead atoms. The molecule has 0 aliphatic rings. The molecule has 3 aromatic carbocycles. The van der Waals surface area contributed by atoms with Crippen molar-refractivity contribution in [3.63, 3.8) is 0 Å². The summed E-state index contributed by atoms with van der Waals surface area (Å²) in [4.78, 5) is 17.4. The van der Waals surface area contributed by atoms with Crippen LogP contribution in [0.25, 0.3) is 22.6 Å². The van der Waals surface area contributed by atoms with Gasteiger partial charge in [0.25, 0.3) is 0 Å². The Morgan fingerprint density at radius 1 is 1.00 bits per heavy atom. The second-order valence-corrected chi connectivity index (χ2v) is 7.16. The monoisotopic (exact) mass is 374 g/mol. The summed E-state index contributed by atoms with van der Waals surface area (Å²) in [5, 5.41) is 2.91. The molecule has 140 valence electrons. The number of hydrogen-bond donors (Lipinski definition) is 1. The standard InChI is InChI=1S/C23H19FN2O2/c1-23(2,16-8-6-9-17(24)14-16)22(27)25-18-10-5-7-15(13-18)21-26-19-11-3-4-12-20(19)28-21/h3-14H,1-2H3,(H,25,27). The normalized spacial score (nSPS) is 11.5. The van der Waals surface area contributed by atoms with Crippen LogP contribution in [0, 0.1) is 5.82 Å². The summed E-state index contributed by atoms with van der Waals surface area (Å²) in [6.07, 6.45) is 0. The molecule has 0 aliphatic carbocycles. The molecule has 0 saturated carbocycles. The first-order valence-electron chi connectivity index (χ1n) is 8.97. The minimum absolute atomic E-state index is 0.229. The summed E-state index contributed by atoms with van der Waals surface area (Å²) in [6.45, 7) is 3.53. The average Bonchev–Trinajstić information content (AvgIpc) is 3.12. The molecule has 1 amide bonds. The Kier molecular flexibility index (Phi) is 4.43. The molecule has 4 rings (SSSR count). The highest BCUT2D eigenvalue weighted by atomic mass is 19.1. The number of aromatic nitrogens is 1. The number of halogens is 1. The molecule has 0 unspecified atom stereocenters. The molecule has 0 radical (unpaired) electrons. The molecule has 0 aliphatic heterocycles. The van der Waals surface area contributed by atoms with Crippen LogP contribution in [0.3, 0.4) is 0 Å². The minimum Gasteiger partial charge on any atom is -0.436 e. The SMILES string of the molecule is CC(C)(C(=O)Nc1cccc(-c2nc3ccccc3o2)c1)c1cccc(F)c1. The van der Waals surface area contributed by atoms with Crippen molar-refractivity contribution in [2.75, 3.05) is 5.32 Å². The summed E-state index contributed by atoms with van der Waals surface area (Å²) in [5.41, 5.74) is 2.58. The van der Waals surface area contributed by atoms with Crippen LogP contribution in [0.5, 0.6) is 0 Å². The van der Waals surface area contributed by atoms with Gasteiger partial charge in [0, 0.05) is 11.3 Å². The van der Waals surface area contributed by atoms with Gasteiger partial charge in [-0.3, -0.25) is 4.79 Å². The highest BCUT2D eigenvalue weighted by Crippen LogP contribution is 2.28. The van der Waals surface area contributed by atoms with Crippen molar-refractivity contribution in [3.05, 3.63) is 84.2 Å². The molecule has 0 spiro atoms. The van der Waals surface area contributed by atoms with Gasteiger partial charge in [0.2, 0.25) is 11.8 Å². The van der Waals surface area contributed by atoms with Gasteiger partial charge in [-0.05, 0) is 61.9 Å². The van der Waals surface area contributed by atoms with E-state index in [0.717, 1.165) is 11.1 Å². The zero-order valence-electron chi connectivity index (χ0n) is 15.6. The topological polar surface area (TPSA) is 55.1 Å². The summed E-state index contributed by atoms with van der Waals surface area (Å²) in [7, 11) is 0. The van der Waals surface area contributed by atoms with Crippen LogP contribution in [0.15, 0.2) is 77.2 Å². The first kappa shape index (κ1) is 17.9. The van der Waals surface area contributed by atoms with E-state index in [0.29, 0.717) is 22.7 Å². The predicted molar refractivity (Wildman–Crippen MR) is 108 cm³/mol. The van der Waals surface area contributed by atoms with Gasteiger partial charge in [-0.2, -0.15) is 0 Å². The summed E-state index contributed by atoms with van der Waals surface area (Å²) >= 11 is 0. The fourth-order valence-electron chi connectivity index (χ4n) is 3.02. The number of oxazole rings is 1. The van der Waals surface area contributed by atoms with E-state index in [-0.39, 0.29) is 11.7 Å². The van der Waals surface area contributed by atoms with E-state index in [2.05, 4.69) is 10.3 Å². The number of amides is 1. The van der Waals surface area contributed by atoms with E-state index in [1.807, 2.05) is 42.5 Å². The maximum absolute atomic E-state index is 13.6. The third-order valence-corrected chi connectivity index (χ3v) is 4.78. The van der Waals surface area contributed by atoms with Crippen molar-refractivity contribution in [2.24, 2.45) is 0 Å². The quantitative estimate of drug-likeness (QED) is 0.509. The molecule has 1 aromatic heterocycles. The third kappa shape index (κ3) is 3.39. The van der Waals surface area contributed by atoms with E-state index >= 15 is 0 Å². The van der Waals surface area contributed by atoms with Crippen LogP contribution in [0.4, 0.5) is 10.1 Å². The molecule has 28 heavy (non-hydrogen) atoms. The Morgan fingerprint density at radius 2 is 1.79 bits per heavy atom. The van der Waals surface area contributed by atoms with Crippen LogP contribution in [-0.2, 0) is 10.2 Å². The van der Waals surface area contributed by atoms with Crippen molar-refractivity contribution < 1.29 is 13.6 Å². The summed E-state index contributed by atoms with van der Waals surface area (Å²) < 4.78 is 19.4. The van der Waals surface area contributed by atoms with Crippen molar-refractivity contribution >= 4 is 22.7 Å². The van der Waals surface area contributed by atoms with Crippen molar-refractivity contribution in [2.45, 2.75) is 19.3 Å². The van der Waals surface area contributed by atoms with E-state index in [1.165, 1.54) is 12.1 Å². The predicted octanol–water partition coefficient (Wildman–Crippen LogP) is 5.55. The lowest BCUT2D eigenvalue weighted by Crippen LogP contribution is -2.34. The molecule has 4 aromatic rings. The van der Waals surface area contributed by atoms with Gasteiger partial charge in [0.15, 0.2) is 5.58 Å². The lowest BCUT2D eigenvalue weighted by atomic mass is 9.83. The smallest absolute Gasteiger partial charge is 0.234 e. The Bertz CT molecular complexity index is 1130. The number of rotatable bonds is 4. The van der Waals surface area contributed by atoms with Gasteiger partial charge in [0.05, 0.1) is 5.41 Å². The molecule has 0 fully saturated rings. The van der Waals surface area contributed by atoms with Crippen LogP contribution in [0.1, 0.15) is 19.4 Å². The maximum Gasteiger partial charge on any atom is 0.234 e. The van der Waals surface area contributed by atoms with Crippen LogP contribution in [0.2, 0.25) is 0 Å². The molecule has 1 N–H and O–H groups in total. The highest BCUT2D eigenvalue weighted by molar-refractivity contribution is 5.99. The molecule has 0 atom stereocenters. The Hall–Kier alpha value is -3.47. The Morgan fingerprint density at radius 3 is 2.57 bits per heavy atom. The third-order valence-electron chi connectivity index (χ3n) is 4.78. The maximum atomic E-state index is 13.6. The van der Waals surface area contributed by atoms with Gasteiger partial charge in [-0.1, -0.05) is 30.3 Å². The second-order valence-electron chi connectivity index (χ2n) is 7.16. The zero-order chi connectivity index (χ0) is 19.7. The van der Waals surface area contributed by atoms with Gasteiger partial charge >= 0.3 is 0 Å². The number of anilines is 1. The lowest BCUT2D eigenvalue weighted by Gasteiger charge is -2.24. The van der Waals surface area contributed by atoms with E-state index in [9.17, 15) is 9.18 Å². The fraction of sp³-hybridized carbons (Fsp3) is 0.130. The summed E-state index contributed by atoms with van der Waals surface area (Å²) in [5.74, 6) is -0.106. The van der Waals surface area contributed by atoms with Gasteiger partial charge < -0.3 is 9.73 Å². The molecule has 1 heterocycles. The molecule has 0 saturated heterocycles. The Labute approximate surface area is 162 Å². The number of para-hydroxylation sites is 2. The minimum atomic E-state index is -0.893. The van der Waals surface area contributed by atoms with Crippen LogP contribution >= 0.6 is 0 Å². The molecule has 4 nitrogen and oxygen atoms in total. The fourth-order valence-corrected chi connectivity index (χ4v) is 3.02. The first-order chi connectivity index (χ1) is 13.4. The van der Waals surface area contributed by atoms with Crippen molar-refractivity contribution in [3.8, 4) is 11.5 Å². The number of carbonyl (C=O) groups excluding carboxylic acids is 1. The summed E-state index contributed by atoms with van der Waals surface area (Å²) in [6, 6.07) is 20.9. The number of nitrogens with one attached hydrogen (secondary N) is 1. The van der Waals surface area contributed by atoms with E-state index < -0.39 is 5.41 Å². The second kappa shape index (κ2) is 6.93. The van der Waals surface area contributed by atoms with Crippen molar-refractivity contribution in [1.82, 2.24) is 4.98 Å². The number of benzene rings is 3. The van der Waals surface area contributed by atoms with Gasteiger partial charge in [-0.25, -0.2) is 9.37 Å². The molecular weight excluding hydrogens is 355 g/mol. The largest absolute Gasteiger partial charge is 0.436 e. The van der Waals surface area contributed by atoms with Gasteiger partial charge in [0.1, 0.15) is 11.3 Å². The molecular formula is C23H19FN2O2. The zero-order valence-corrected chi connectivity index (χ0v) is 15.6. The van der Waals surface area contributed by atoms with E-state index in [1.54, 1.807) is 32.0 Å². The lowest BCUT2D eigenvalue weighted by molar-refractivity contribution is -0.120. The Balaban J connectivity index is 1.60. The van der Waals surface area contributed by atoms with E-state index in [4.69, 9.17) is 4.42 Å².